The molecular weight excluding hydrogens is 332 g/mol. The summed E-state index contributed by atoms with van der Waals surface area (Å²) in [7, 11) is 0. The largest absolute Gasteiger partial charge is 0.481 e. The highest BCUT2D eigenvalue weighted by Gasteiger charge is 2.46. The molecule has 0 aromatic heterocycles. The summed E-state index contributed by atoms with van der Waals surface area (Å²) in [6.45, 7) is 1.71. The van der Waals surface area contributed by atoms with E-state index in [1.807, 2.05) is 0 Å². The van der Waals surface area contributed by atoms with E-state index in [1.165, 1.54) is 6.07 Å². The second-order valence-corrected chi connectivity index (χ2v) is 6.28. The molecule has 1 aliphatic rings. The van der Waals surface area contributed by atoms with E-state index >= 15 is 0 Å². The maximum absolute atomic E-state index is 11.7. The van der Waals surface area contributed by atoms with Gasteiger partial charge in [-0.2, -0.15) is 0 Å². The summed E-state index contributed by atoms with van der Waals surface area (Å²) in [6.07, 6.45) is -0.913. The average Bonchev–Trinajstić information content (AvgIpc) is 2.49. The van der Waals surface area contributed by atoms with Crippen LogP contribution in [0.2, 0.25) is 0 Å². The summed E-state index contributed by atoms with van der Waals surface area (Å²) in [4.78, 5) is 45.9. The van der Waals surface area contributed by atoms with Gasteiger partial charge in [0.1, 0.15) is 0 Å². The number of aryl methyl sites for hydroxylation is 1. The van der Waals surface area contributed by atoms with Gasteiger partial charge in [-0.3, -0.25) is 19.2 Å². The van der Waals surface area contributed by atoms with Crippen molar-refractivity contribution in [3.8, 4) is 0 Å². The Bertz CT molecular complexity index is 738. The Hall–Kier alpha value is -2.90. The van der Waals surface area contributed by atoms with Crippen molar-refractivity contribution < 1.29 is 39.6 Å². The standard InChI is InChI=1S/C17H18O8/c1-7-2-3-8-9(11(15(20)21)6-13(18)19)5-12(16(22)23)14(17(24)25)10(8)4-7/h2-4,9,11-12,14H,5-6H2,1H3,(H,18,19)(H,20,21)(H,22,23)(H,24,25). The number of hydrogen-bond acceptors (Lipinski definition) is 4. The number of carbonyl (C=O) groups is 4. The molecule has 0 radical (unpaired) electrons. The molecular formula is C17H18O8. The summed E-state index contributed by atoms with van der Waals surface area (Å²) in [5, 5.41) is 37.4. The molecule has 134 valence electrons. The molecule has 4 unspecified atom stereocenters. The normalized spacial score (nSPS) is 23.3. The molecule has 0 heterocycles. The van der Waals surface area contributed by atoms with E-state index in [1.54, 1.807) is 19.1 Å². The topological polar surface area (TPSA) is 149 Å². The summed E-state index contributed by atoms with van der Waals surface area (Å²) in [5.74, 6) is -10.2. The van der Waals surface area contributed by atoms with Gasteiger partial charge >= 0.3 is 23.9 Å². The highest BCUT2D eigenvalue weighted by molar-refractivity contribution is 5.86. The van der Waals surface area contributed by atoms with Crippen molar-refractivity contribution in [2.24, 2.45) is 11.8 Å². The van der Waals surface area contributed by atoms with E-state index in [-0.39, 0.29) is 12.0 Å². The molecule has 4 N–H and O–H groups in total. The van der Waals surface area contributed by atoms with Crippen LogP contribution in [-0.4, -0.2) is 44.3 Å². The van der Waals surface area contributed by atoms with Crippen molar-refractivity contribution in [1.82, 2.24) is 0 Å². The van der Waals surface area contributed by atoms with Crippen LogP contribution in [0.15, 0.2) is 18.2 Å². The Morgan fingerprint density at radius 3 is 2.16 bits per heavy atom. The third kappa shape index (κ3) is 3.62. The fourth-order valence-corrected chi connectivity index (χ4v) is 3.57. The van der Waals surface area contributed by atoms with Gasteiger partial charge in [0, 0.05) is 0 Å². The van der Waals surface area contributed by atoms with Gasteiger partial charge in [-0.25, -0.2) is 0 Å². The van der Waals surface area contributed by atoms with E-state index in [0.717, 1.165) is 0 Å². The van der Waals surface area contributed by atoms with E-state index in [4.69, 9.17) is 5.11 Å². The Labute approximate surface area is 142 Å². The highest BCUT2D eigenvalue weighted by atomic mass is 16.4. The van der Waals surface area contributed by atoms with Crippen LogP contribution in [0, 0.1) is 18.8 Å². The molecule has 1 aliphatic carbocycles. The number of benzene rings is 1. The Morgan fingerprint density at radius 2 is 1.68 bits per heavy atom. The average molecular weight is 350 g/mol. The lowest BCUT2D eigenvalue weighted by molar-refractivity contribution is -0.153. The number of aliphatic carboxylic acids is 4. The fourth-order valence-electron chi connectivity index (χ4n) is 3.57. The minimum Gasteiger partial charge on any atom is -0.481 e. The zero-order chi connectivity index (χ0) is 18.9. The zero-order valence-corrected chi connectivity index (χ0v) is 13.4. The highest BCUT2D eigenvalue weighted by Crippen LogP contribution is 2.47. The molecule has 25 heavy (non-hydrogen) atoms. The van der Waals surface area contributed by atoms with Crippen LogP contribution in [0.5, 0.6) is 0 Å². The maximum atomic E-state index is 11.7. The van der Waals surface area contributed by atoms with Gasteiger partial charge in [0.2, 0.25) is 0 Å². The lowest BCUT2D eigenvalue weighted by atomic mass is 9.65. The first kappa shape index (κ1) is 18.4. The third-order valence-electron chi connectivity index (χ3n) is 4.67. The molecule has 1 aromatic carbocycles. The number of fused-ring (bicyclic) bond motifs is 1. The minimum atomic E-state index is -1.35. The van der Waals surface area contributed by atoms with Gasteiger partial charge in [-0.05, 0) is 30.4 Å². The van der Waals surface area contributed by atoms with Gasteiger partial charge in [-0.15, -0.1) is 0 Å². The predicted octanol–water partition coefficient (Wildman–Crippen LogP) is 1.53. The van der Waals surface area contributed by atoms with E-state index in [2.05, 4.69) is 0 Å². The van der Waals surface area contributed by atoms with Gasteiger partial charge in [0.15, 0.2) is 0 Å². The smallest absolute Gasteiger partial charge is 0.311 e. The molecule has 0 spiro atoms. The molecule has 0 saturated heterocycles. The molecule has 0 bridgehead atoms. The van der Waals surface area contributed by atoms with E-state index < -0.39 is 54.0 Å². The summed E-state index contributed by atoms with van der Waals surface area (Å²) in [5.41, 5.74) is 1.34. The van der Waals surface area contributed by atoms with Crippen LogP contribution < -0.4 is 0 Å². The van der Waals surface area contributed by atoms with Crippen molar-refractivity contribution in [2.45, 2.75) is 31.6 Å². The summed E-state index contributed by atoms with van der Waals surface area (Å²) < 4.78 is 0. The lowest BCUT2D eigenvalue weighted by Gasteiger charge is -2.36. The molecule has 2 rings (SSSR count). The first-order valence-electron chi connectivity index (χ1n) is 7.64. The molecule has 8 heteroatoms. The molecule has 1 aromatic rings. The Kier molecular flexibility index (Phi) is 5.10. The minimum absolute atomic E-state index is 0.243. The first-order valence-corrected chi connectivity index (χ1v) is 7.64. The Balaban J connectivity index is 2.64. The molecule has 0 fully saturated rings. The van der Waals surface area contributed by atoms with Crippen LogP contribution in [0.1, 0.15) is 41.4 Å². The second-order valence-electron chi connectivity index (χ2n) is 6.28. The number of hydrogen-bond donors (Lipinski definition) is 4. The fraction of sp³-hybridized carbons (Fsp3) is 0.412. The van der Waals surface area contributed by atoms with Gasteiger partial charge < -0.3 is 20.4 Å². The quantitative estimate of drug-likeness (QED) is 0.603. The van der Waals surface area contributed by atoms with E-state index in [0.29, 0.717) is 11.1 Å². The van der Waals surface area contributed by atoms with Crippen LogP contribution in [0.3, 0.4) is 0 Å². The molecule has 0 amide bonds. The summed E-state index contributed by atoms with van der Waals surface area (Å²) in [6, 6.07) is 4.78. The Morgan fingerprint density at radius 1 is 1.04 bits per heavy atom. The summed E-state index contributed by atoms with van der Waals surface area (Å²) >= 11 is 0. The molecule has 0 aliphatic heterocycles. The van der Waals surface area contributed by atoms with Crippen molar-refractivity contribution >= 4 is 23.9 Å². The second kappa shape index (κ2) is 6.92. The SMILES string of the molecule is Cc1ccc2c(c1)C(C(=O)O)C(C(=O)O)CC2C(CC(=O)O)C(=O)O. The van der Waals surface area contributed by atoms with Gasteiger partial charge in [0.05, 0.1) is 24.2 Å². The first-order chi connectivity index (χ1) is 11.6. The molecule has 4 atom stereocenters. The molecule has 8 nitrogen and oxygen atoms in total. The van der Waals surface area contributed by atoms with E-state index in [9.17, 15) is 34.5 Å². The van der Waals surface area contributed by atoms with Crippen LogP contribution in [0.4, 0.5) is 0 Å². The monoisotopic (exact) mass is 350 g/mol. The number of carboxylic acid groups (broad SMARTS) is 4. The number of rotatable bonds is 6. The van der Waals surface area contributed by atoms with Crippen LogP contribution in [-0.2, 0) is 19.2 Å². The van der Waals surface area contributed by atoms with Gasteiger partial charge in [-0.1, -0.05) is 23.8 Å². The predicted molar refractivity (Wildman–Crippen MR) is 83.4 cm³/mol. The van der Waals surface area contributed by atoms with Crippen LogP contribution >= 0.6 is 0 Å². The number of carboxylic acids is 4. The van der Waals surface area contributed by atoms with Crippen molar-refractivity contribution in [1.29, 1.82) is 0 Å². The van der Waals surface area contributed by atoms with Crippen molar-refractivity contribution in [2.75, 3.05) is 0 Å². The third-order valence-corrected chi connectivity index (χ3v) is 4.67. The van der Waals surface area contributed by atoms with Crippen molar-refractivity contribution in [3.05, 3.63) is 34.9 Å². The van der Waals surface area contributed by atoms with Crippen LogP contribution in [0.25, 0.3) is 0 Å². The van der Waals surface area contributed by atoms with Gasteiger partial charge in [0.25, 0.3) is 0 Å². The molecule has 0 saturated carbocycles. The van der Waals surface area contributed by atoms with Crippen molar-refractivity contribution in [3.63, 3.8) is 0 Å². The maximum Gasteiger partial charge on any atom is 0.311 e. The zero-order valence-electron chi connectivity index (χ0n) is 13.4. The lowest BCUT2D eigenvalue weighted by Crippen LogP contribution is -2.38.